The van der Waals surface area contributed by atoms with Gasteiger partial charge in [-0.25, -0.2) is 4.98 Å². The first-order chi connectivity index (χ1) is 15.5. The molecule has 0 saturated heterocycles. The lowest BCUT2D eigenvalue weighted by Gasteiger charge is -2.29. The number of nitrogens with zero attached hydrogens (tertiary/aromatic N) is 2. The third kappa shape index (κ3) is 4.66. The summed E-state index contributed by atoms with van der Waals surface area (Å²) in [7, 11) is 3.27. The highest BCUT2D eigenvalue weighted by Gasteiger charge is 2.38. The summed E-state index contributed by atoms with van der Waals surface area (Å²) in [6, 6.07) is 16.1. The Kier molecular flexibility index (Phi) is 6.52. The van der Waals surface area contributed by atoms with Gasteiger partial charge in [-0.2, -0.15) is 4.31 Å². The molecule has 0 N–H and O–H groups in total. The van der Waals surface area contributed by atoms with Gasteiger partial charge < -0.3 is 9.29 Å². The molecule has 1 atom stereocenters. The number of aromatic nitrogens is 1. The van der Waals surface area contributed by atoms with E-state index >= 15 is 0 Å². The van der Waals surface area contributed by atoms with Crippen molar-refractivity contribution in [2.24, 2.45) is 0 Å². The Morgan fingerprint density at radius 1 is 1.22 bits per heavy atom. The average Bonchev–Trinajstić information content (AvgIpc) is 2.80. The molecule has 32 heavy (non-hydrogen) atoms. The van der Waals surface area contributed by atoms with E-state index in [1.807, 2.05) is 24.3 Å². The molecule has 3 aromatic rings. The van der Waals surface area contributed by atoms with Gasteiger partial charge in [0.25, 0.3) is 0 Å². The Bertz CT molecular complexity index is 1280. The van der Waals surface area contributed by atoms with Crippen LogP contribution in [0.1, 0.15) is 27.0 Å². The van der Waals surface area contributed by atoms with Crippen LogP contribution < -0.4 is 9.04 Å². The average molecular weight is 463 g/mol. The molecular formula is C25H19ClN2O3S. The number of anilines is 1. The number of ketones is 1. The maximum Gasteiger partial charge on any atom is 0.245 e. The molecule has 5 nitrogen and oxygen atoms in total. The molecule has 2 heterocycles. The summed E-state index contributed by atoms with van der Waals surface area (Å²) in [6.45, 7) is 0. The number of Topliss-reactive ketones (excluding diaryl/α,β-unsaturated/α-hetero) is 1. The third-order valence-electron chi connectivity index (χ3n) is 4.92. The number of hydrogen-bond donors (Lipinski definition) is 0. The van der Waals surface area contributed by atoms with E-state index in [1.165, 1.54) is 0 Å². The first kappa shape index (κ1) is 22.0. The van der Waals surface area contributed by atoms with Crippen LogP contribution in [0, 0.1) is 11.8 Å². The summed E-state index contributed by atoms with van der Waals surface area (Å²) in [5.41, 5.74) is 3.50. The van der Waals surface area contributed by atoms with Crippen molar-refractivity contribution < 1.29 is 14.1 Å². The van der Waals surface area contributed by atoms with Gasteiger partial charge >= 0.3 is 0 Å². The van der Waals surface area contributed by atoms with Crippen LogP contribution in [0.3, 0.4) is 0 Å². The van der Waals surface area contributed by atoms with E-state index in [4.69, 9.17) is 16.3 Å². The standard InChI is InChI=1S/C25H19ClN2O3S/c1-28-22-10-9-17(5-3-6-18-11-12-27-24(16-18)31-2)14-21(22)25(29)23(32(28)30)15-19-7-4-8-20(26)13-19/h4,7-16H,6H2,1-2H3/b23-15-. The number of ether oxygens (including phenoxy) is 1. The lowest BCUT2D eigenvalue weighted by Crippen LogP contribution is -2.36. The second-order valence-electron chi connectivity index (χ2n) is 7.06. The lowest BCUT2D eigenvalue weighted by atomic mass is 10.0. The fraction of sp³-hybridized carbons (Fsp3) is 0.120. The molecule has 1 aromatic heterocycles. The minimum Gasteiger partial charge on any atom is -0.588 e. The normalized spacial score (nSPS) is 16.4. The highest BCUT2D eigenvalue weighted by atomic mass is 35.5. The second kappa shape index (κ2) is 9.49. The Morgan fingerprint density at radius 3 is 2.84 bits per heavy atom. The predicted molar refractivity (Wildman–Crippen MR) is 128 cm³/mol. The minimum absolute atomic E-state index is 0.205. The fourth-order valence-corrected chi connectivity index (χ4v) is 4.64. The summed E-state index contributed by atoms with van der Waals surface area (Å²) in [5, 5.41) is 0.548. The number of fused-ring (bicyclic) bond motifs is 1. The van der Waals surface area contributed by atoms with Crippen molar-refractivity contribution >= 4 is 40.5 Å². The Hall–Kier alpha value is -3.24. The van der Waals surface area contributed by atoms with E-state index in [-0.39, 0.29) is 10.7 Å². The van der Waals surface area contributed by atoms with E-state index in [2.05, 4.69) is 16.8 Å². The molecule has 0 bridgehead atoms. The van der Waals surface area contributed by atoms with Crippen molar-refractivity contribution in [1.82, 2.24) is 4.98 Å². The largest absolute Gasteiger partial charge is 0.588 e. The van der Waals surface area contributed by atoms with Crippen LogP contribution in [0.15, 0.2) is 65.7 Å². The van der Waals surface area contributed by atoms with Gasteiger partial charge in [-0.3, -0.25) is 4.79 Å². The van der Waals surface area contributed by atoms with Gasteiger partial charge in [0.15, 0.2) is 0 Å². The molecule has 160 valence electrons. The molecule has 1 aliphatic rings. The minimum atomic E-state index is -1.61. The van der Waals surface area contributed by atoms with Gasteiger partial charge in [0.1, 0.15) is 11.4 Å². The van der Waals surface area contributed by atoms with E-state index < -0.39 is 11.4 Å². The topological polar surface area (TPSA) is 65.5 Å². The number of rotatable bonds is 3. The van der Waals surface area contributed by atoms with Gasteiger partial charge in [0, 0.05) is 35.3 Å². The Morgan fingerprint density at radius 2 is 2.06 bits per heavy atom. The van der Waals surface area contributed by atoms with Crippen molar-refractivity contribution in [3.8, 4) is 17.7 Å². The van der Waals surface area contributed by atoms with Gasteiger partial charge in [0.05, 0.1) is 25.4 Å². The molecule has 0 spiro atoms. The monoisotopic (exact) mass is 462 g/mol. The molecule has 0 amide bonds. The van der Waals surface area contributed by atoms with Crippen LogP contribution in [0.25, 0.3) is 6.08 Å². The van der Waals surface area contributed by atoms with E-state index in [9.17, 15) is 9.35 Å². The summed E-state index contributed by atoms with van der Waals surface area (Å²) in [5.74, 6) is 6.49. The summed E-state index contributed by atoms with van der Waals surface area (Å²) in [6.07, 6.45) is 3.82. The number of carbonyl (C=O) groups is 1. The Labute approximate surface area is 195 Å². The van der Waals surface area contributed by atoms with Crippen molar-refractivity contribution in [2.75, 3.05) is 18.5 Å². The zero-order valence-corrected chi connectivity index (χ0v) is 19.0. The summed E-state index contributed by atoms with van der Waals surface area (Å²) in [4.78, 5) is 17.5. The number of benzene rings is 2. The summed E-state index contributed by atoms with van der Waals surface area (Å²) >= 11 is 4.44. The zero-order chi connectivity index (χ0) is 22.7. The number of halogens is 1. The van der Waals surface area contributed by atoms with Crippen LogP contribution >= 0.6 is 11.6 Å². The molecule has 0 aliphatic carbocycles. The summed E-state index contributed by atoms with van der Waals surface area (Å²) < 4.78 is 19.6. The van der Waals surface area contributed by atoms with E-state index in [0.717, 1.165) is 11.1 Å². The zero-order valence-electron chi connectivity index (χ0n) is 17.5. The third-order valence-corrected chi connectivity index (χ3v) is 6.53. The SMILES string of the molecule is COc1cc(CC#Cc2ccc3c(c2)C(=O)/C(=C/c2cccc(Cl)c2)[S+]([O-])N3C)ccn1. The fourth-order valence-electron chi connectivity index (χ4n) is 3.30. The second-order valence-corrected chi connectivity index (χ2v) is 8.98. The Balaban J connectivity index is 1.63. The van der Waals surface area contributed by atoms with Crippen molar-refractivity contribution in [3.05, 3.63) is 93.0 Å². The number of hydrogen-bond acceptors (Lipinski definition) is 5. The number of pyridine rings is 1. The quantitative estimate of drug-likeness (QED) is 0.321. The smallest absolute Gasteiger partial charge is 0.245 e. The van der Waals surface area contributed by atoms with Crippen LogP contribution in [0.4, 0.5) is 5.69 Å². The number of carbonyl (C=O) groups excluding carboxylic acids is 1. The highest BCUT2D eigenvalue weighted by Crippen LogP contribution is 2.35. The lowest BCUT2D eigenvalue weighted by molar-refractivity contribution is 0.104. The van der Waals surface area contributed by atoms with Crippen molar-refractivity contribution in [1.29, 1.82) is 0 Å². The van der Waals surface area contributed by atoms with E-state index in [0.29, 0.717) is 34.1 Å². The first-order valence-corrected chi connectivity index (χ1v) is 11.2. The van der Waals surface area contributed by atoms with Gasteiger partial charge in [0.2, 0.25) is 16.6 Å². The van der Waals surface area contributed by atoms with Crippen LogP contribution in [-0.4, -0.2) is 29.5 Å². The maximum absolute atomic E-state index is 13.2. The molecule has 0 radical (unpaired) electrons. The molecule has 1 unspecified atom stereocenters. The molecule has 4 rings (SSSR count). The number of methoxy groups -OCH3 is 1. The van der Waals surface area contributed by atoms with Crippen LogP contribution in [-0.2, 0) is 17.8 Å². The maximum atomic E-state index is 13.2. The molecule has 0 fully saturated rings. The van der Waals surface area contributed by atoms with Gasteiger partial charge in [-0.1, -0.05) is 35.6 Å². The van der Waals surface area contributed by atoms with Crippen molar-refractivity contribution in [2.45, 2.75) is 6.42 Å². The molecular weight excluding hydrogens is 444 g/mol. The predicted octanol–water partition coefficient (Wildman–Crippen LogP) is 4.68. The van der Waals surface area contributed by atoms with Crippen LogP contribution in [0.2, 0.25) is 5.02 Å². The van der Waals surface area contributed by atoms with E-state index in [1.54, 1.807) is 61.1 Å². The molecule has 7 heteroatoms. The highest BCUT2D eigenvalue weighted by molar-refractivity contribution is 7.97. The molecule has 2 aromatic carbocycles. The number of allylic oxidation sites excluding steroid dienone is 1. The van der Waals surface area contributed by atoms with Gasteiger partial charge in [-0.05, 0) is 47.5 Å². The van der Waals surface area contributed by atoms with Gasteiger partial charge in [-0.15, -0.1) is 0 Å². The van der Waals surface area contributed by atoms with Crippen LogP contribution in [0.5, 0.6) is 5.88 Å². The molecule has 1 aliphatic heterocycles. The van der Waals surface area contributed by atoms with Crippen molar-refractivity contribution in [3.63, 3.8) is 0 Å². The first-order valence-electron chi connectivity index (χ1n) is 9.75. The molecule has 0 saturated carbocycles.